The minimum absolute atomic E-state index is 0. The Morgan fingerprint density at radius 1 is 1.27 bits per heavy atom. The summed E-state index contributed by atoms with van der Waals surface area (Å²) < 4.78 is 16.6. The van der Waals surface area contributed by atoms with Crippen LogP contribution < -0.4 is 9.47 Å². The number of piperidine rings is 1. The summed E-state index contributed by atoms with van der Waals surface area (Å²) in [7, 11) is 3.29. The second-order valence-corrected chi connectivity index (χ2v) is 8.26. The van der Waals surface area contributed by atoms with E-state index >= 15 is 0 Å². The second-order valence-electron chi connectivity index (χ2n) is 8.26. The molecule has 0 spiro atoms. The standard InChI is InChI=1S/C22H26N2O5.ClH/c1-11-15-9-24-5-4-12-14-7-19(27-2)20(28-3)8-17(14)23-21(12)18(24)6-13(15)16(10-29-11)22(25)26;/h7-8,10-11,13,15,18,23H,4-6,9H2,1-3H3,(H,25,26);1H/t11-,13-,15-,18+;/m0./s1. The lowest BCUT2D eigenvalue weighted by molar-refractivity contribution is -0.135. The van der Waals surface area contributed by atoms with Gasteiger partial charge in [0.05, 0.1) is 38.2 Å². The van der Waals surface area contributed by atoms with Gasteiger partial charge in [-0.15, -0.1) is 12.4 Å². The van der Waals surface area contributed by atoms with E-state index in [2.05, 4.69) is 9.88 Å². The van der Waals surface area contributed by atoms with Gasteiger partial charge in [-0.25, -0.2) is 4.79 Å². The maximum Gasteiger partial charge on any atom is 0.334 e. The van der Waals surface area contributed by atoms with E-state index < -0.39 is 5.97 Å². The molecular formula is C22H27ClN2O5. The average Bonchev–Trinajstić information content (AvgIpc) is 3.09. The first kappa shape index (κ1) is 20.9. The Morgan fingerprint density at radius 2 is 2.00 bits per heavy atom. The van der Waals surface area contributed by atoms with Crippen LogP contribution in [0.25, 0.3) is 10.9 Å². The molecule has 8 heteroatoms. The lowest BCUT2D eigenvalue weighted by atomic mass is 9.72. The second kappa shape index (κ2) is 7.71. The van der Waals surface area contributed by atoms with Gasteiger partial charge in [-0.3, -0.25) is 4.90 Å². The zero-order valence-electron chi connectivity index (χ0n) is 17.3. The summed E-state index contributed by atoms with van der Waals surface area (Å²) in [6.07, 6.45) is 3.23. The number of carboxylic acids is 1. The van der Waals surface area contributed by atoms with Crippen LogP contribution in [0.3, 0.4) is 0 Å². The van der Waals surface area contributed by atoms with Crippen LogP contribution in [0, 0.1) is 11.8 Å². The van der Waals surface area contributed by atoms with Gasteiger partial charge in [-0.05, 0) is 31.4 Å². The number of hydrogen-bond donors (Lipinski definition) is 2. The molecule has 0 radical (unpaired) electrons. The summed E-state index contributed by atoms with van der Waals surface area (Å²) in [5.41, 5.74) is 3.94. The molecular weight excluding hydrogens is 408 g/mol. The normalized spacial score (nSPS) is 27.6. The van der Waals surface area contributed by atoms with E-state index in [0.717, 1.165) is 42.6 Å². The number of rotatable bonds is 3. The van der Waals surface area contributed by atoms with E-state index in [1.807, 2.05) is 19.1 Å². The number of aromatic nitrogens is 1. The molecule has 0 bridgehead atoms. The summed E-state index contributed by atoms with van der Waals surface area (Å²) in [6.45, 7) is 3.85. The number of benzene rings is 1. The Kier molecular flexibility index (Phi) is 5.36. The van der Waals surface area contributed by atoms with Gasteiger partial charge in [-0.2, -0.15) is 0 Å². The molecule has 0 saturated carbocycles. The van der Waals surface area contributed by atoms with Crippen LogP contribution in [0.5, 0.6) is 11.5 Å². The molecule has 162 valence electrons. The highest BCUT2D eigenvalue weighted by molar-refractivity contribution is 5.89. The van der Waals surface area contributed by atoms with Crippen LogP contribution in [-0.4, -0.2) is 54.4 Å². The molecule has 0 amide bonds. The Hall–Kier alpha value is -2.38. The maximum absolute atomic E-state index is 11.8. The number of nitrogens with zero attached hydrogens (tertiary/aromatic N) is 1. The minimum atomic E-state index is -0.873. The van der Waals surface area contributed by atoms with Crippen molar-refractivity contribution in [3.05, 3.63) is 35.2 Å². The summed E-state index contributed by atoms with van der Waals surface area (Å²) >= 11 is 0. The first-order chi connectivity index (χ1) is 14.0. The Balaban J connectivity index is 0.00000218. The predicted octanol–water partition coefficient (Wildman–Crippen LogP) is 3.53. The van der Waals surface area contributed by atoms with E-state index in [-0.39, 0.29) is 36.4 Å². The van der Waals surface area contributed by atoms with Crippen molar-refractivity contribution in [2.45, 2.75) is 31.9 Å². The number of carboxylic acid groups (broad SMARTS) is 1. The van der Waals surface area contributed by atoms with Gasteiger partial charge in [0.15, 0.2) is 11.5 Å². The number of aliphatic carboxylic acids is 1. The van der Waals surface area contributed by atoms with Gasteiger partial charge >= 0.3 is 5.97 Å². The molecule has 1 aromatic carbocycles. The van der Waals surface area contributed by atoms with Crippen molar-refractivity contribution in [1.29, 1.82) is 0 Å². The third-order valence-electron chi connectivity index (χ3n) is 6.96. The highest BCUT2D eigenvalue weighted by atomic mass is 35.5. The Bertz CT molecular complexity index is 1020. The summed E-state index contributed by atoms with van der Waals surface area (Å²) in [5, 5.41) is 10.8. The number of nitrogens with one attached hydrogen (secondary N) is 1. The van der Waals surface area contributed by atoms with Crippen LogP contribution in [0.1, 0.15) is 30.6 Å². The lowest BCUT2D eigenvalue weighted by Crippen LogP contribution is -2.51. The number of ether oxygens (including phenoxy) is 3. The highest BCUT2D eigenvalue weighted by Crippen LogP contribution is 2.48. The smallest absolute Gasteiger partial charge is 0.334 e. The number of carbonyl (C=O) groups is 1. The lowest BCUT2D eigenvalue weighted by Gasteiger charge is -2.49. The molecule has 3 aliphatic rings. The quantitative estimate of drug-likeness (QED) is 0.768. The molecule has 7 nitrogen and oxygen atoms in total. The molecule has 3 aliphatic heterocycles. The Labute approximate surface area is 181 Å². The zero-order chi connectivity index (χ0) is 20.3. The zero-order valence-corrected chi connectivity index (χ0v) is 18.1. The summed E-state index contributed by atoms with van der Waals surface area (Å²) in [4.78, 5) is 17.9. The predicted molar refractivity (Wildman–Crippen MR) is 115 cm³/mol. The summed E-state index contributed by atoms with van der Waals surface area (Å²) in [6, 6.07) is 4.21. The van der Waals surface area contributed by atoms with Crippen molar-refractivity contribution < 1.29 is 24.1 Å². The molecule has 4 heterocycles. The van der Waals surface area contributed by atoms with E-state index in [1.165, 1.54) is 17.5 Å². The SMILES string of the molecule is COc1cc2[nH]c3c(c2cc1OC)CCN1C[C@H]2[C@H](C)OC=C(C(=O)O)[C@H]2C[C@H]31.Cl. The Morgan fingerprint density at radius 3 is 2.70 bits per heavy atom. The monoisotopic (exact) mass is 434 g/mol. The van der Waals surface area contributed by atoms with Crippen LogP contribution in [0.2, 0.25) is 0 Å². The molecule has 0 aliphatic carbocycles. The van der Waals surface area contributed by atoms with Gasteiger partial charge < -0.3 is 24.3 Å². The van der Waals surface area contributed by atoms with Crippen molar-refractivity contribution in [2.75, 3.05) is 27.3 Å². The van der Waals surface area contributed by atoms with Crippen molar-refractivity contribution >= 4 is 29.3 Å². The number of aromatic amines is 1. The molecule has 5 rings (SSSR count). The van der Waals surface area contributed by atoms with Gasteiger partial charge in [0, 0.05) is 47.6 Å². The van der Waals surface area contributed by atoms with Gasteiger partial charge in [-0.1, -0.05) is 0 Å². The number of halogens is 1. The molecule has 1 fully saturated rings. The third kappa shape index (κ3) is 3.03. The van der Waals surface area contributed by atoms with Gasteiger partial charge in [0.1, 0.15) is 0 Å². The number of methoxy groups -OCH3 is 2. The summed E-state index contributed by atoms with van der Waals surface area (Å²) in [5.74, 6) is 0.755. The molecule has 1 saturated heterocycles. The highest BCUT2D eigenvalue weighted by Gasteiger charge is 2.46. The number of hydrogen-bond acceptors (Lipinski definition) is 5. The average molecular weight is 435 g/mol. The van der Waals surface area contributed by atoms with E-state index in [4.69, 9.17) is 14.2 Å². The van der Waals surface area contributed by atoms with Crippen LogP contribution in [0.15, 0.2) is 24.0 Å². The fraction of sp³-hybridized carbons (Fsp3) is 0.500. The fourth-order valence-electron chi connectivity index (χ4n) is 5.46. The first-order valence-corrected chi connectivity index (χ1v) is 10.1. The molecule has 30 heavy (non-hydrogen) atoms. The van der Waals surface area contributed by atoms with E-state index in [1.54, 1.807) is 14.2 Å². The van der Waals surface area contributed by atoms with Crippen molar-refractivity contribution in [1.82, 2.24) is 9.88 Å². The molecule has 2 N–H and O–H groups in total. The van der Waals surface area contributed by atoms with Gasteiger partial charge in [0.2, 0.25) is 0 Å². The topological polar surface area (TPSA) is 84.0 Å². The van der Waals surface area contributed by atoms with Crippen molar-refractivity contribution in [2.24, 2.45) is 11.8 Å². The van der Waals surface area contributed by atoms with Crippen LogP contribution >= 0.6 is 12.4 Å². The minimum Gasteiger partial charge on any atom is -0.497 e. The number of H-pyrrole nitrogens is 1. The van der Waals surface area contributed by atoms with Crippen molar-refractivity contribution in [3.8, 4) is 11.5 Å². The van der Waals surface area contributed by atoms with Crippen LogP contribution in [-0.2, 0) is 16.0 Å². The van der Waals surface area contributed by atoms with E-state index in [9.17, 15) is 9.90 Å². The molecule has 2 aromatic rings. The third-order valence-corrected chi connectivity index (χ3v) is 6.96. The van der Waals surface area contributed by atoms with Crippen molar-refractivity contribution in [3.63, 3.8) is 0 Å². The van der Waals surface area contributed by atoms with E-state index in [0.29, 0.717) is 11.3 Å². The maximum atomic E-state index is 11.8. The fourth-order valence-corrected chi connectivity index (χ4v) is 5.46. The first-order valence-electron chi connectivity index (χ1n) is 10.1. The molecule has 4 atom stereocenters. The largest absolute Gasteiger partial charge is 0.497 e. The van der Waals surface area contributed by atoms with Gasteiger partial charge in [0.25, 0.3) is 0 Å². The van der Waals surface area contributed by atoms with Crippen LogP contribution in [0.4, 0.5) is 0 Å². The number of fused-ring (bicyclic) bond motifs is 6. The molecule has 1 aromatic heterocycles. The molecule has 0 unspecified atom stereocenters.